The molecule has 0 saturated heterocycles. The maximum absolute atomic E-state index is 5.28. The molecule has 0 spiro atoms. The van der Waals surface area contributed by atoms with Gasteiger partial charge in [0.25, 0.3) is 0 Å². The molecule has 0 aliphatic rings. The van der Waals surface area contributed by atoms with E-state index in [0.717, 1.165) is 13.2 Å². The summed E-state index contributed by atoms with van der Waals surface area (Å²) in [4.78, 5) is 0. The molecule has 2 nitrogen and oxygen atoms in total. The number of hydrogen-bond acceptors (Lipinski definition) is 2. The van der Waals surface area contributed by atoms with Crippen LogP contribution >= 0.6 is 0 Å². The van der Waals surface area contributed by atoms with Crippen molar-refractivity contribution in [2.24, 2.45) is 5.92 Å². The first-order chi connectivity index (χ1) is 7.62. The third kappa shape index (κ3) is 3.06. The predicted octanol–water partition coefficient (Wildman–Crippen LogP) is 2.87. The van der Waals surface area contributed by atoms with E-state index in [0.29, 0.717) is 5.92 Å². The van der Waals surface area contributed by atoms with Crippen LogP contribution in [0.2, 0.25) is 0 Å². The molecule has 1 rings (SSSR count). The summed E-state index contributed by atoms with van der Waals surface area (Å²) in [6.07, 6.45) is 0. The van der Waals surface area contributed by atoms with Crippen molar-refractivity contribution in [1.29, 1.82) is 0 Å². The van der Waals surface area contributed by atoms with Crippen LogP contribution in [-0.4, -0.2) is 27.4 Å². The number of ether oxygens (including phenoxy) is 2. The van der Waals surface area contributed by atoms with Crippen molar-refractivity contribution in [3.63, 3.8) is 0 Å². The van der Waals surface area contributed by atoms with Gasteiger partial charge in [-0.15, -0.1) is 0 Å². The molecule has 0 N–H and O–H groups in total. The average molecular weight is 222 g/mol. The molecule has 0 fully saturated rings. The highest BCUT2D eigenvalue weighted by Crippen LogP contribution is 2.32. The van der Waals surface area contributed by atoms with Gasteiger partial charge < -0.3 is 9.47 Å². The summed E-state index contributed by atoms with van der Waals surface area (Å²) < 4.78 is 10.6. The lowest BCUT2D eigenvalue weighted by molar-refractivity contribution is 0.0496. The Morgan fingerprint density at radius 2 is 1.50 bits per heavy atom. The summed E-state index contributed by atoms with van der Waals surface area (Å²) in [5.74, 6) is 0.366. The van der Waals surface area contributed by atoms with Crippen molar-refractivity contribution in [1.82, 2.24) is 0 Å². The van der Waals surface area contributed by atoms with E-state index in [4.69, 9.17) is 9.47 Å². The molecule has 0 radical (unpaired) electrons. The van der Waals surface area contributed by atoms with E-state index >= 15 is 0 Å². The Bertz CT molecular complexity index is 287. The van der Waals surface area contributed by atoms with Crippen LogP contribution in [0.4, 0.5) is 0 Å². The van der Waals surface area contributed by atoms with Gasteiger partial charge in [-0.1, -0.05) is 44.2 Å². The third-order valence-corrected chi connectivity index (χ3v) is 3.27. The molecular formula is C14H22O2. The highest BCUT2D eigenvalue weighted by molar-refractivity contribution is 5.24. The van der Waals surface area contributed by atoms with Gasteiger partial charge in [0.05, 0.1) is 13.2 Å². The standard InChI is InChI=1S/C14H22O2/c1-14(2,12-8-6-5-7-9-12)13(10-15-3)11-16-4/h5-9,13H,10-11H2,1-4H3. The third-order valence-electron chi connectivity index (χ3n) is 3.27. The summed E-state index contributed by atoms with van der Waals surface area (Å²) in [6.45, 7) is 5.92. The van der Waals surface area contributed by atoms with Gasteiger partial charge >= 0.3 is 0 Å². The first-order valence-electron chi connectivity index (χ1n) is 5.66. The van der Waals surface area contributed by atoms with Gasteiger partial charge in [-0.05, 0) is 11.0 Å². The summed E-state index contributed by atoms with van der Waals surface area (Å²) in [5, 5.41) is 0. The van der Waals surface area contributed by atoms with Crippen LogP contribution in [0.5, 0.6) is 0 Å². The summed E-state index contributed by atoms with van der Waals surface area (Å²) in [5.41, 5.74) is 1.39. The zero-order valence-corrected chi connectivity index (χ0v) is 10.7. The Kier molecular flexibility index (Phi) is 4.97. The smallest absolute Gasteiger partial charge is 0.0520 e. The molecule has 1 aromatic rings. The SMILES string of the molecule is COCC(COC)C(C)(C)c1ccccc1. The van der Waals surface area contributed by atoms with Crippen LogP contribution in [0.3, 0.4) is 0 Å². The number of rotatable bonds is 6. The van der Waals surface area contributed by atoms with Crippen LogP contribution in [-0.2, 0) is 14.9 Å². The van der Waals surface area contributed by atoms with Gasteiger partial charge in [0, 0.05) is 20.1 Å². The van der Waals surface area contributed by atoms with E-state index in [9.17, 15) is 0 Å². The molecule has 0 bridgehead atoms. The monoisotopic (exact) mass is 222 g/mol. The van der Waals surface area contributed by atoms with Crippen molar-refractivity contribution in [3.05, 3.63) is 35.9 Å². The quantitative estimate of drug-likeness (QED) is 0.737. The minimum atomic E-state index is 0.0628. The molecule has 0 aromatic heterocycles. The summed E-state index contributed by atoms with van der Waals surface area (Å²) >= 11 is 0. The van der Waals surface area contributed by atoms with Crippen LogP contribution in [0.25, 0.3) is 0 Å². The topological polar surface area (TPSA) is 18.5 Å². The second-order valence-corrected chi connectivity index (χ2v) is 4.70. The molecule has 0 saturated carbocycles. The minimum absolute atomic E-state index is 0.0628. The lowest BCUT2D eigenvalue weighted by Gasteiger charge is -2.34. The minimum Gasteiger partial charge on any atom is -0.384 e. The maximum atomic E-state index is 5.28. The van der Waals surface area contributed by atoms with Crippen molar-refractivity contribution in [2.75, 3.05) is 27.4 Å². The number of benzene rings is 1. The van der Waals surface area contributed by atoms with E-state index in [-0.39, 0.29) is 5.41 Å². The lowest BCUT2D eigenvalue weighted by Crippen LogP contribution is -2.35. The summed E-state index contributed by atoms with van der Waals surface area (Å²) in [7, 11) is 3.48. The fraction of sp³-hybridized carbons (Fsp3) is 0.571. The zero-order chi connectivity index (χ0) is 12.0. The molecule has 1 aromatic carbocycles. The van der Waals surface area contributed by atoms with Crippen molar-refractivity contribution >= 4 is 0 Å². The normalized spacial score (nSPS) is 12.1. The number of methoxy groups -OCH3 is 2. The molecule has 0 aliphatic carbocycles. The maximum Gasteiger partial charge on any atom is 0.0520 e. The van der Waals surface area contributed by atoms with Gasteiger partial charge in [-0.3, -0.25) is 0 Å². The molecular weight excluding hydrogens is 200 g/mol. The largest absolute Gasteiger partial charge is 0.384 e. The second-order valence-electron chi connectivity index (χ2n) is 4.70. The van der Waals surface area contributed by atoms with Crippen LogP contribution < -0.4 is 0 Å². The predicted molar refractivity (Wildman–Crippen MR) is 66.7 cm³/mol. The molecule has 2 heteroatoms. The van der Waals surface area contributed by atoms with Gasteiger partial charge in [0.2, 0.25) is 0 Å². The first-order valence-corrected chi connectivity index (χ1v) is 5.66. The molecule has 0 amide bonds. The van der Waals surface area contributed by atoms with Crippen LogP contribution in [0.1, 0.15) is 19.4 Å². The van der Waals surface area contributed by atoms with E-state index in [1.54, 1.807) is 14.2 Å². The van der Waals surface area contributed by atoms with Crippen molar-refractivity contribution in [2.45, 2.75) is 19.3 Å². The van der Waals surface area contributed by atoms with Gasteiger partial charge in [0.1, 0.15) is 0 Å². The van der Waals surface area contributed by atoms with Gasteiger partial charge in [-0.25, -0.2) is 0 Å². The molecule has 0 unspecified atom stereocenters. The number of hydrogen-bond donors (Lipinski definition) is 0. The molecule has 0 heterocycles. The Morgan fingerprint density at radius 1 is 1.00 bits per heavy atom. The van der Waals surface area contributed by atoms with Gasteiger partial charge in [-0.2, -0.15) is 0 Å². The Morgan fingerprint density at radius 3 is 1.94 bits per heavy atom. The van der Waals surface area contributed by atoms with E-state index in [1.165, 1.54) is 5.56 Å². The highest BCUT2D eigenvalue weighted by Gasteiger charge is 2.31. The molecule has 90 valence electrons. The Labute approximate surface area is 98.6 Å². The van der Waals surface area contributed by atoms with E-state index in [2.05, 4.69) is 38.1 Å². The highest BCUT2D eigenvalue weighted by atomic mass is 16.5. The van der Waals surface area contributed by atoms with Gasteiger partial charge in [0.15, 0.2) is 0 Å². The second kappa shape index (κ2) is 6.02. The Hall–Kier alpha value is -0.860. The van der Waals surface area contributed by atoms with Crippen molar-refractivity contribution < 1.29 is 9.47 Å². The lowest BCUT2D eigenvalue weighted by atomic mass is 9.74. The van der Waals surface area contributed by atoms with E-state index < -0.39 is 0 Å². The van der Waals surface area contributed by atoms with Crippen LogP contribution in [0, 0.1) is 5.92 Å². The summed E-state index contributed by atoms with van der Waals surface area (Å²) in [6, 6.07) is 10.5. The molecule has 0 aliphatic heterocycles. The fourth-order valence-electron chi connectivity index (χ4n) is 1.97. The van der Waals surface area contributed by atoms with Crippen LogP contribution in [0.15, 0.2) is 30.3 Å². The first kappa shape index (κ1) is 13.2. The molecule has 0 atom stereocenters. The Balaban J connectivity index is 2.88. The zero-order valence-electron chi connectivity index (χ0n) is 10.7. The average Bonchev–Trinajstić information content (AvgIpc) is 2.30. The fourth-order valence-corrected chi connectivity index (χ4v) is 1.97. The van der Waals surface area contributed by atoms with Crippen molar-refractivity contribution in [3.8, 4) is 0 Å². The van der Waals surface area contributed by atoms with E-state index in [1.807, 2.05) is 6.07 Å². The molecule has 16 heavy (non-hydrogen) atoms.